The summed E-state index contributed by atoms with van der Waals surface area (Å²) in [6.07, 6.45) is 3.01. The number of hydrogen-bond donors (Lipinski definition) is 3. The van der Waals surface area contributed by atoms with Crippen LogP contribution in [0.3, 0.4) is 0 Å². The number of carbonyl (C=O) groups excluding carboxylic acids is 1. The number of nitrogens with zero attached hydrogens (tertiary/aromatic N) is 3. The number of benzene rings is 2. The number of halogens is 3. The lowest BCUT2D eigenvalue weighted by molar-refractivity contribution is -0.119. The number of nitrogens with one attached hydrogen (secondary N) is 3. The molecule has 0 radical (unpaired) electrons. The van der Waals surface area contributed by atoms with Gasteiger partial charge in [0.05, 0.1) is 35.1 Å². The first-order valence-electron chi connectivity index (χ1n) is 15.6. The summed E-state index contributed by atoms with van der Waals surface area (Å²) in [6, 6.07) is 16.7. The molecule has 2 saturated heterocycles. The van der Waals surface area contributed by atoms with Gasteiger partial charge in [0.2, 0.25) is 11.8 Å². The van der Waals surface area contributed by atoms with Crippen molar-refractivity contribution in [2.24, 2.45) is 5.92 Å². The third kappa shape index (κ3) is 7.52. The van der Waals surface area contributed by atoms with Crippen LogP contribution < -0.4 is 20.7 Å². The Balaban J connectivity index is 1.19. The highest BCUT2D eigenvalue weighted by atomic mass is 35.5. The van der Waals surface area contributed by atoms with Crippen LogP contribution in [0.2, 0.25) is 10.0 Å². The Morgan fingerprint density at radius 1 is 1.00 bits per heavy atom. The van der Waals surface area contributed by atoms with Crippen molar-refractivity contribution in [3.63, 3.8) is 0 Å². The van der Waals surface area contributed by atoms with Crippen molar-refractivity contribution in [2.45, 2.75) is 32.0 Å². The Kier molecular flexibility index (Phi) is 10.5. The average Bonchev–Trinajstić information content (AvgIpc) is 3.47. The fraction of sp³-hybridized carbons (Fsp3) is 0.343. The number of likely N-dealkylation sites (tertiary alicyclic amines) is 1. The van der Waals surface area contributed by atoms with Gasteiger partial charge in [-0.1, -0.05) is 59.6 Å². The molecule has 0 saturated carbocycles. The maximum atomic E-state index is 15.6. The van der Waals surface area contributed by atoms with E-state index in [0.29, 0.717) is 94.0 Å². The molecule has 1 atom stereocenters. The molecule has 2 aliphatic heterocycles. The van der Waals surface area contributed by atoms with Gasteiger partial charge in [0, 0.05) is 92.2 Å². The Labute approximate surface area is 283 Å². The zero-order valence-corrected chi connectivity index (χ0v) is 27.8. The van der Waals surface area contributed by atoms with Crippen LogP contribution in [-0.2, 0) is 22.6 Å². The van der Waals surface area contributed by atoms with Gasteiger partial charge in [0.15, 0.2) is 5.82 Å². The first kappa shape index (κ1) is 33.1. The quantitative estimate of drug-likeness (QED) is 0.148. The third-order valence-corrected chi connectivity index (χ3v) is 9.33. The number of rotatable bonds is 13. The number of pyridine rings is 2. The van der Waals surface area contributed by atoms with Crippen molar-refractivity contribution >= 4 is 40.6 Å². The number of ether oxygens (including phenoxy) is 2. The fourth-order valence-corrected chi connectivity index (χ4v) is 6.72. The lowest BCUT2D eigenvalue weighted by atomic mass is 10.00. The highest BCUT2D eigenvalue weighted by Gasteiger charge is 2.27. The molecule has 0 aliphatic carbocycles. The van der Waals surface area contributed by atoms with Gasteiger partial charge < -0.3 is 25.4 Å². The van der Waals surface area contributed by atoms with Crippen molar-refractivity contribution in [3.05, 3.63) is 87.8 Å². The summed E-state index contributed by atoms with van der Waals surface area (Å²) in [6.45, 7) is 4.20. The molecule has 4 aromatic rings. The van der Waals surface area contributed by atoms with Crippen LogP contribution in [-0.4, -0.2) is 67.3 Å². The van der Waals surface area contributed by atoms with Crippen molar-refractivity contribution in [3.8, 4) is 28.3 Å². The zero-order chi connectivity index (χ0) is 32.9. The Hall–Kier alpha value is -3.80. The van der Waals surface area contributed by atoms with Gasteiger partial charge in [-0.3, -0.25) is 9.69 Å². The van der Waals surface area contributed by atoms with E-state index in [0.717, 1.165) is 25.1 Å². The third-order valence-electron chi connectivity index (χ3n) is 8.54. The largest absolute Gasteiger partial charge is 0.481 e. The Morgan fingerprint density at radius 2 is 1.79 bits per heavy atom. The highest BCUT2D eigenvalue weighted by molar-refractivity contribution is 6.39. The van der Waals surface area contributed by atoms with E-state index in [4.69, 9.17) is 37.7 Å². The molecule has 12 heteroatoms. The summed E-state index contributed by atoms with van der Waals surface area (Å²) in [5.74, 6) is 1.04. The van der Waals surface area contributed by atoms with E-state index in [-0.39, 0.29) is 17.8 Å². The number of carbonyl (C=O) groups is 1. The van der Waals surface area contributed by atoms with E-state index in [9.17, 15) is 4.79 Å². The minimum absolute atomic E-state index is 0.0916. The molecule has 0 unspecified atom stereocenters. The average molecular weight is 680 g/mol. The second-order valence-electron chi connectivity index (χ2n) is 11.9. The zero-order valence-electron chi connectivity index (χ0n) is 26.3. The molecule has 6 rings (SSSR count). The molecule has 4 heterocycles. The van der Waals surface area contributed by atoms with E-state index in [1.165, 1.54) is 0 Å². The van der Waals surface area contributed by atoms with Gasteiger partial charge in [-0.15, -0.1) is 0 Å². The van der Waals surface area contributed by atoms with Crippen molar-refractivity contribution in [2.75, 3.05) is 45.8 Å². The smallest absolute Gasteiger partial charge is 0.220 e. The maximum absolute atomic E-state index is 15.6. The SMILES string of the molecule is COCC1CN(Cc2cccc(Nc3nccc(-c4cccc(-c5ccc(CNC[C@H]6CCC(=O)N6)c(OC)n5)c4Cl)c3Cl)c2F)C1. The topological polar surface area (TPSA) is 101 Å². The van der Waals surface area contributed by atoms with Gasteiger partial charge in [-0.2, -0.15) is 0 Å². The van der Waals surface area contributed by atoms with E-state index < -0.39 is 0 Å². The molecule has 47 heavy (non-hydrogen) atoms. The van der Waals surface area contributed by atoms with Crippen molar-refractivity contribution in [1.82, 2.24) is 25.5 Å². The van der Waals surface area contributed by atoms with Crippen LogP contribution in [0.5, 0.6) is 5.88 Å². The van der Waals surface area contributed by atoms with Crippen LogP contribution in [0, 0.1) is 11.7 Å². The van der Waals surface area contributed by atoms with Crippen LogP contribution >= 0.6 is 23.2 Å². The van der Waals surface area contributed by atoms with Gasteiger partial charge >= 0.3 is 0 Å². The Bertz CT molecular complexity index is 1750. The molecule has 0 bridgehead atoms. The van der Waals surface area contributed by atoms with Gasteiger partial charge in [0.1, 0.15) is 5.82 Å². The number of methoxy groups -OCH3 is 2. The minimum Gasteiger partial charge on any atom is -0.481 e. The number of aromatic nitrogens is 2. The molecule has 2 aromatic carbocycles. The molecular formula is C35H37Cl2FN6O3. The normalized spacial score (nSPS) is 16.6. The molecule has 9 nitrogen and oxygen atoms in total. The molecule has 2 fully saturated rings. The summed E-state index contributed by atoms with van der Waals surface area (Å²) >= 11 is 13.9. The summed E-state index contributed by atoms with van der Waals surface area (Å²) in [5, 5.41) is 10.2. The second-order valence-corrected chi connectivity index (χ2v) is 12.7. The monoisotopic (exact) mass is 678 g/mol. The van der Waals surface area contributed by atoms with Crippen molar-refractivity contribution < 1.29 is 18.7 Å². The molecule has 2 aromatic heterocycles. The van der Waals surface area contributed by atoms with Gasteiger partial charge in [-0.25, -0.2) is 14.4 Å². The minimum atomic E-state index is -0.338. The second kappa shape index (κ2) is 15.0. The molecule has 0 spiro atoms. The molecule has 1 amide bonds. The van der Waals surface area contributed by atoms with Crippen LogP contribution in [0.1, 0.15) is 24.0 Å². The van der Waals surface area contributed by atoms with Crippen LogP contribution in [0.25, 0.3) is 22.4 Å². The lowest BCUT2D eigenvalue weighted by Crippen LogP contribution is -2.47. The summed E-state index contributed by atoms with van der Waals surface area (Å²) < 4.78 is 26.4. The van der Waals surface area contributed by atoms with Crippen LogP contribution in [0.4, 0.5) is 15.9 Å². The van der Waals surface area contributed by atoms with Crippen LogP contribution in [0.15, 0.2) is 60.8 Å². The molecule has 246 valence electrons. The van der Waals surface area contributed by atoms with E-state index in [2.05, 4.69) is 25.8 Å². The number of hydrogen-bond acceptors (Lipinski definition) is 8. The predicted octanol–water partition coefficient (Wildman–Crippen LogP) is 6.46. The summed E-state index contributed by atoms with van der Waals surface area (Å²) in [7, 11) is 3.28. The van der Waals surface area contributed by atoms with Gasteiger partial charge in [0.25, 0.3) is 0 Å². The molecular weight excluding hydrogens is 642 g/mol. The molecule has 3 N–H and O–H groups in total. The standard InChI is InChI=1S/C35H37Cl2FN6O3/c1-46-20-21-17-44(18-21)19-23-5-3-8-29(33(23)38)42-34-32(37)26(13-14-40-34)25-6-4-7-27(31(25)36)28-11-9-22(35(43-28)47-2)15-39-16-24-10-12-30(45)41-24/h3-9,11,13-14,21,24,39H,10,12,15-20H2,1-2H3,(H,40,42)(H,41,45)/t24-/m1/s1. The van der Waals surface area contributed by atoms with Gasteiger partial charge in [-0.05, 0) is 24.6 Å². The fourth-order valence-electron chi connectivity index (χ4n) is 6.13. The summed E-state index contributed by atoms with van der Waals surface area (Å²) in [4.78, 5) is 22.8. The Morgan fingerprint density at radius 3 is 2.55 bits per heavy atom. The van der Waals surface area contributed by atoms with E-state index in [1.807, 2.05) is 36.4 Å². The number of anilines is 2. The first-order valence-corrected chi connectivity index (χ1v) is 16.3. The first-order chi connectivity index (χ1) is 22.8. The van der Waals surface area contributed by atoms with E-state index in [1.54, 1.807) is 38.6 Å². The molecule has 2 aliphatic rings. The van der Waals surface area contributed by atoms with Crippen molar-refractivity contribution in [1.29, 1.82) is 0 Å². The number of amides is 1. The predicted molar refractivity (Wildman–Crippen MR) is 183 cm³/mol. The van der Waals surface area contributed by atoms with E-state index >= 15 is 4.39 Å². The summed E-state index contributed by atoms with van der Waals surface area (Å²) in [5.41, 5.74) is 4.44. The maximum Gasteiger partial charge on any atom is 0.220 e. The lowest BCUT2D eigenvalue weighted by Gasteiger charge is -2.39. The highest BCUT2D eigenvalue weighted by Crippen LogP contribution is 2.41.